The number of aryl methyl sites for hydroxylation is 18. The van der Waals surface area contributed by atoms with Crippen molar-refractivity contribution >= 4 is 110 Å². The van der Waals surface area contributed by atoms with Crippen LogP contribution in [0.25, 0.3) is 167 Å². The van der Waals surface area contributed by atoms with Crippen molar-refractivity contribution < 1.29 is 66.9 Å². The van der Waals surface area contributed by atoms with E-state index in [1.54, 1.807) is 86.9 Å². The Morgan fingerprint density at radius 3 is 0.669 bits per heavy atom. The van der Waals surface area contributed by atoms with Crippen molar-refractivity contribution in [2.75, 3.05) is 0 Å². The Bertz CT molecular complexity index is 9030. The smallest absolute Gasteiger partial charge is 0.227 e. The van der Waals surface area contributed by atoms with Crippen LogP contribution in [0.4, 0.5) is 0 Å². The van der Waals surface area contributed by atoms with E-state index in [-0.39, 0.29) is 17.4 Å². The van der Waals surface area contributed by atoms with Crippen molar-refractivity contribution in [3.8, 4) is 56.3 Å². The average molecular weight is 1910 g/mol. The molecule has 0 saturated heterocycles. The fraction of sp³-hybridized carbons (Fsp3) is 0.370. The van der Waals surface area contributed by atoms with Crippen molar-refractivity contribution in [1.82, 2.24) is 24.9 Å². The standard InChI is InChI=1S/2C26H31N2O.3C25H29N2O/c2*1-8-18-14-28(7)23(13-21(18)15(2)3)24-17(6)9-10-19-20-11-12-22(16(4)5)27-26(20)29-25(19)24;3*1-7-17-14-27(6)22(13-21(17)15(3)4)23-16(5)9-11-19-20-12-10-18(8-2)26-25(20)28-24(19)23/h2*9-16H,8H2,1-7H3;3*9-15H,7-8H2,1-6H3/q5*+1/i8D2,15D;8D2;1D3,7D2,15D;7D2,15D;7D2. The van der Waals surface area contributed by atoms with Crippen molar-refractivity contribution in [2.24, 2.45) is 35.2 Å². The number of hydrogen-bond acceptors (Lipinski definition) is 10. The molecule has 0 aliphatic rings. The molecule has 0 atom stereocenters. The summed E-state index contributed by atoms with van der Waals surface area (Å²) in [5.41, 5.74) is 32.8. The first-order valence-electron chi connectivity index (χ1n) is 57.8. The third kappa shape index (κ3) is 19.4. The van der Waals surface area contributed by atoms with Gasteiger partial charge < -0.3 is 22.1 Å². The van der Waals surface area contributed by atoms with E-state index in [2.05, 4.69) is 201 Å². The molecule has 0 N–H and O–H groups in total. The summed E-state index contributed by atoms with van der Waals surface area (Å²) in [6.07, 6.45) is 2.97. The first kappa shape index (κ1) is 82.2. The van der Waals surface area contributed by atoms with E-state index in [0.717, 1.165) is 225 Å². The highest BCUT2D eigenvalue weighted by Gasteiger charge is 2.32. The highest BCUT2D eigenvalue weighted by Crippen LogP contribution is 2.46. The van der Waals surface area contributed by atoms with E-state index in [1.165, 1.54) is 6.20 Å². The summed E-state index contributed by atoms with van der Waals surface area (Å²) in [6.45, 7) is 47.3. The number of benzene rings is 5. The second-order valence-corrected chi connectivity index (χ2v) is 39.7. The van der Waals surface area contributed by atoms with E-state index in [9.17, 15) is 0 Å². The molecule has 0 aliphatic heterocycles. The highest BCUT2D eigenvalue weighted by molar-refractivity contribution is 6.13. The van der Waals surface area contributed by atoms with Crippen LogP contribution in [0.15, 0.2) is 205 Å². The third-order valence-electron chi connectivity index (χ3n) is 27.8. The number of pyridine rings is 10. The van der Waals surface area contributed by atoms with Crippen LogP contribution in [-0.2, 0) is 86.4 Å². The Balaban J connectivity index is 0.000000139. The topological polar surface area (TPSA) is 150 Å². The Hall–Kier alpha value is -13.4. The number of furan rings is 5. The quantitative estimate of drug-likeness (QED) is 0.0675. The van der Waals surface area contributed by atoms with E-state index >= 15 is 0 Å². The van der Waals surface area contributed by atoms with Gasteiger partial charge in [0.2, 0.25) is 57.0 Å². The van der Waals surface area contributed by atoms with Gasteiger partial charge in [0, 0.05) is 162 Å². The summed E-state index contributed by atoms with van der Waals surface area (Å²) in [5, 5.41) is 9.96. The predicted molar refractivity (Wildman–Crippen MR) is 588 cm³/mol. The number of hydrogen-bond donors (Lipinski definition) is 0. The molecular formula is C127H149N10O5+5. The van der Waals surface area contributed by atoms with Crippen LogP contribution in [0.3, 0.4) is 0 Å². The van der Waals surface area contributed by atoms with E-state index in [1.807, 2.05) is 141 Å². The van der Waals surface area contributed by atoms with Crippen LogP contribution in [0, 0.1) is 34.6 Å². The van der Waals surface area contributed by atoms with Crippen molar-refractivity contribution in [3.63, 3.8) is 0 Å². The van der Waals surface area contributed by atoms with Gasteiger partial charge in [0.1, 0.15) is 35.2 Å². The summed E-state index contributed by atoms with van der Waals surface area (Å²) in [4.78, 5) is 23.5. The summed E-state index contributed by atoms with van der Waals surface area (Å²) in [6, 6.07) is 51.3. The van der Waals surface area contributed by atoms with Gasteiger partial charge in [-0.2, -0.15) is 0 Å². The van der Waals surface area contributed by atoms with Crippen molar-refractivity contribution in [1.29, 1.82) is 0 Å². The first-order chi connectivity index (χ1) is 73.5. The van der Waals surface area contributed by atoms with Crippen molar-refractivity contribution in [3.05, 3.63) is 295 Å². The van der Waals surface area contributed by atoms with Gasteiger partial charge in [-0.05, 0) is 243 Å². The summed E-state index contributed by atoms with van der Waals surface area (Å²) in [7, 11) is 9.54. The second-order valence-electron chi connectivity index (χ2n) is 39.7. The minimum atomic E-state index is -2.88. The Morgan fingerprint density at radius 1 is 0.261 bits per heavy atom. The molecule has 0 fully saturated rings. The minimum Gasteiger partial charge on any atom is -0.437 e. The van der Waals surface area contributed by atoms with E-state index in [0.29, 0.717) is 79.5 Å². The van der Waals surface area contributed by atoms with Gasteiger partial charge in [0.25, 0.3) is 0 Å². The van der Waals surface area contributed by atoms with Crippen molar-refractivity contribution in [2.45, 2.75) is 279 Å². The Morgan fingerprint density at radius 2 is 0.465 bits per heavy atom. The first-order valence-corrected chi connectivity index (χ1v) is 49.8. The monoisotopic (exact) mass is 1910 g/mol. The molecule has 0 saturated carbocycles. The van der Waals surface area contributed by atoms with Crippen LogP contribution >= 0.6 is 0 Å². The molecule has 5 aromatic carbocycles. The summed E-state index contributed by atoms with van der Waals surface area (Å²) in [5.74, 6) is -2.08. The number of aromatic nitrogens is 10. The molecule has 15 heteroatoms. The lowest BCUT2D eigenvalue weighted by atomic mass is 9.93. The lowest BCUT2D eigenvalue weighted by Crippen LogP contribution is -2.32. The minimum absolute atomic E-state index is 0.0116. The van der Waals surface area contributed by atoms with Crippen LogP contribution in [0.5, 0.6) is 0 Å². The molecule has 0 amide bonds. The summed E-state index contributed by atoms with van der Waals surface area (Å²) >= 11 is 0. The van der Waals surface area contributed by atoms with Crippen LogP contribution in [-0.4, -0.2) is 24.9 Å². The zero-order valence-corrected chi connectivity index (χ0v) is 88.8. The molecule has 0 aliphatic carbocycles. The van der Waals surface area contributed by atoms with Gasteiger partial charge in [-0.15, -0.1) is 0 Å². The molecule has 0 bridgehead atoms. The maximum atomic E-state index is 8.68. The number of fused-ring (bicyclic) bond motifs is 15. The molecule has 142 heavy (non-hydrogen) atoms. The molecule has 15 aromatic heterocycles. The molecule has 0 unspecified atom stereocenters. The molecule has 20 rings (SSSR count). The lowest BCUT2D eigenvalue weighted by Gasteiger charge is -2.13. The molecule has 15 heterocycles. The van der Waals surface area contributed by atoms with Gasteiger partial charge in [-0.25, -0.2) is 47.8 Å². The van der Waals surface area contributed by atoms with Gasteiger partial charge in [0.05, 0.1) is 27.8 Å². The van der Waals surface area contributed by atoms with Gasteiger partial charge >= 0.3 is 0 Å². The van der Waals surface area contributed by atoms with Gasteiger partial charge in [-0.1, -0.05) is 213 Å². The molecular weight excluding hydrogens is 1750 g/mol. The Kier molecular flexibility index (Phi) is 24.3. The fourth-order valence-corrected chi connectivity index (χ4v) is 19.7. The fourth-order valence-electron chi connectivity index (χ4n) is 19.7. The number of rotatable bonds is 20. The van der Waals surface area contributed by atoms with Gasteiger partial charge in [-0.3, -0.25) is 0 Å². The number of nitrogens with zero attached hydrogens (tertiary/aromatic N) is 10. The normalized spacial score (nSPS) is 14.4. The van der Waals surface area contributed by atoms with E-state index in [4.69, 9.17) is 54.0 Å². The predicted octanol–water partition coefficient (Wildman–Crippen LogP) is 31.3. The second kappa shape index (κ2) is 42.0. The van der Waals surface area contributed by atoms with E-state index < -0.39 is 56.4 Å². The largest absolute Gasteiger partial charge is 0.437 e. The third-order valence-corrected chi connectivity index (χ3v) is 27.8. The van der Waals surface area contributed by atoms with Crippen LogP contribution < -0.4 is 22.8 Å². The molecule has 0 radical (unpaired) electrons. The summed E-state index contributed by atoms with van der Waals surface area (Å²) < 4.78 is 174. The maximum Gasteiger partial charge on any atom is 0.227 e. The molecule has 732 valence electrons. The zero-order valence-electron chi connectivity index (χ0n) is 105. The average Bonchev–Trinajstić information content (AvgIpc) is 1.50. The lowest BCUT2D eigenvalue weighted by molar-refractivity contribution is -0.661. The molecule has 0 spiro atoms. The Labute approximate surface area is 863 Å². The highest BCUT2D eigenvalue weighted by atomic mass is 16.4. The SMILES string of the molecule is [2H]C(C)(C)c1cc(-c2c(C)ccc3c2oc2nc(CC)ccc23)[n+](C)cc1C([2H])([2H])C([2H])([2H])[2H].[2H]C([2H])(C)c1c[n+](C)c(-c2c(C)ccc3c2oc2nc(C(C)C)ccc23)cc1C(C)C.[2H]C([2H])(C)c1c[n+](C)c(-c2c(C)ccc3c2oc2nc(C(C)C)ccc23)cc1C([2H])(C)C.[2H]C([2H])(C)c1c[n+](C)c(-c2c(C)ccc3c2oc2nc(CC)ccc23)cc1C(C)C.[2H]C([2H])(C)c1c[n+](C)c(-c2c(C)ccc3c2oc2nc(CC)ccc23)cc1C([2H])(C)C. The molecule has 15 nitrogen and oxygen atoms in total. The van der Waals surface area contributed by atoms with Crippen LogP contribution in [0.2, 0.25) is 0 Å². The molecule has 20 aromatic rings. The van der Waals surface area contributed by atoms with Gasteiger partial charge in [0.15, 0.2) is 58.9 Å². The maximum absolute atomic E-state index is 8.68. The van der Waals surface area contributed by atoms with Crippen LogP contribution in [0.1, 0.15) is 327 Å². The zero-order chi connectivity index (χ0) is 116.